The fourth-order valence-electron chi connectivity index (χ4n) is 3.16. The smallest absolute Gasteiger partial charge is 0.338 e. The number of H-pyrrole nitrogens is 1. The minimum Gasteiger partial charge on any atom is -0.462 e. The van der Waals surface area contributed by atoms with Gasteiger partial charge < -0.3 is 9.72 Å². The van der Waals surface area contributed by atoms with Crippen molar-refractivity contribution in [1.82, 2.24) is 9.97 Å². The summed E-state index contributed by atoms with van der Waals surface area (Å²) in [7, 11) is 0. The van der Waals surface area contributed by atoms with Crippen LogP contribution in [-0.4, -0.2) is 22.5 Å². The summed E-state index contributed by atoms with van der Waals surface area (Å²) in [6.07, 6.45) is 3.67. The first kappa shape index (κ1) is 18.3. The molecule has 0 radical (unpaired) electrons. The van der Waals surface area contributed by atoms with Crippen molar-refractivity contribution in [2.24, 2.45) is 0 Å². The number of aromatic amines is 1. The third-order valence-corrected chi connectivity index (χ3v) is 5.55. The van der Waals surface area contributed by atoms with E-state index in [4.69, 9.17) is 4.74 Å². The summed E-state index contributed by atoms with van der Waals surface area (Å²) in [6, 6.07) is 19.9. The Labute approximate surface area is 168 Å². The number of nitrogens with zero attached hydrogens (tertiary/aromatic N) is 1. The van der Waals surface area contributed by atoms with Crippen LogP contribution in [0.2, 0.25) is 0 Å². The average molecular weight is 388 g/mol. The Morgan fingerprint density at radius 2 is 1.89 bits per heavy atom. The lowest BCUT2D eigenvalue weighted by Crippen LogP contribution is -2.03. The van der Waals surface area contributed by atoms with Gasteiger partial charge in [-0.3, -0.25) is 4.98 Å². The molecule has 0 unspecified atom stereocenters. The number of hydrogen-bond acceptors (Lipinski definition) is 4. The summed E-state index contributed by atoms with van der Waals surface area (Å²) in [5.74, 6) is 0.530. The van der Waals surface area contributed by atoms with Gasteiger partial charge in [-0.2, -0.15) is 0 Å². The van der Waals surface area contributed by atoms with E-state index < -0.39 is 0 Å². The summed E-state index contributed by atoms with van der Waals surface area (Å²) >= 11 is 1.74. The van der Waals surface area contributed by atoms with Crippen LogP contribution in [0.5, 0.6) is 0 Å². The number of fused-ring (bicyclic) bond motifs is 1. The number of pyridine rings is 1. The monoisotopic (exact) mass is 388 g/mol. The van der Waals surface area contributed by atoms with E-state index in [9.17, 15) is 4.79 Å². The van der Waals surface area contributed by atoms with Crippen LogP contribution in [-0.2, 0) is 10.5 Å². The number of hydrogen-bond donors (Lipinski definition) is 1. The van der Waals surface area contributed by atoms with Gasteiger partial charge in [0.05, 0.1) is 17.9 Å². The standard InChI is InChI=1S/C23H20N2O2S/c1-2-27-23(26)16-9-11-18(12-10-16)28-15-20-19-7-3-4-8-21(19)25-22(20)17-6-5-13-24-14-17/h3-14,25H,2,15H2,1H3. The SMILES string of the molecule is CCOC(=O)c1ccc(SCc2c(-c3cccnc3)[nH]c3ccccc23)cc1. The number of ether oxygens (including phenoxy) is 1. The number of benzene rings is 2. The number of thioether (sulfide) groups is 1. The largest absolute Gasteiger partial charge is 0.462 e. The Hall–Kier alpha value is -3.05. The number of nitrogens with one attached hydrogen (secondary N) is 1. The van der Waals surface area contributed by atoms with Crippen molar-refractivity contribution in [1.29, 1.82) is 0 Å². The summed E-state index contributed by atoms with van der Waals surface area (Å²) in [5, 5.41) is 1.22. The maximum absolute atomic E-state index is 11.8. The van der Waals surface area contributed by atoms with Gasteiger partial charge in [-0.25, -0.2) is 4.79 Å². The van der Waals surface area contributed by atoms with Gasteiger partial charge in [0.1, 0.15) is 0 Å². The van der Waals surface area contributed by atoms with Gasteiger partial charge in [-0.1, -0.05) is 18.2 Å². The molecule has 2 aromatic heterocycles. The van der Waals surface area contributed by atoms with Gasteiger partial charge in [0.25, 0.3) is 0 Å². The van der Waals surface area contributed by atoms with E-state index in [1.165, 1.54) is 10.9 Å². The van der Waals surface area contributed by atoms with Gasteiger partial charge in [0.15, 0.2) is 0 Å². The van der Waals surface area contributed by atoms with Crippen molar-refractivity contribution >= 4 is 28.6 Å². The molecule has 0 saturated heterocycles. The molecule has 0 aliphatic rings. The van der Waals surface area contributed by atoms with E-state index in [2.05, 4.69) is 34.2 Å². The second kappa shape index (κ2) is 8.31. The normalized spacial score (nSPS) is 10.9. The predicted molar refractivity (Wildman–Crippen MR) is 113 cm³/mol. The molecule has 0 bridgehead atoms. The molecule has 0 aliphatic carbocycles. The zero-order valence-electron chi connectivity index (χ0n) is 15.5. The lowest BCUT2D eigenvalue weighted by molar-refractivity contribution is 0.0526. The van der Waals surface area contributed by atoms with Crippen molar-refractivity contribution in [3.63, 3.8) is 0 Å². The highest BCUT2D eigenvalue weighted by molar-refractivity contribution is 7.98. The molecule has 4 nitrogen and oxygen atoms in total. The molecule has 0 atom stereocenters. The van der Waals surface area contributed by atoms with Crippen molar-refractivity contribution in [2.75, 3.05) is 6.61 Å². The average Bonchev–Trinajstić information content (AvgIpc) is 3.12. The number of rotatable bonds is 6. The van der Waals surface area contributed by atoms with Gasteiger partial charge in [0.2, 0.25) is 0 Å². The number of esters is 1. The van der Waals surface area contributed by atoms with E-state index in [0.29, 0.717) is 12.2 Å². The van der Waals surface area contributed by atoms with E-state index in [1.807, 2.05) is 49.5 Å². The van der Waals surface area contributed by atoms with Gasteiger partial charge in [-0.05, 0) is 55.0 Å². The van der Waals surface area contributed by atoms with Crippen LogP contribution < -0.4 is 0 Å². The quantitative estimate of drug-likeness (QED) is 0.340. The van der Waals surface area contributed by atoms with E-state index >= 15 is 0 Å². The molecule has 4 rings (SSSR count). The molecule has 0 saturated carbocycles. The number of aromatic nitrogens is 2. The van der Waals surface area contributed by atoms with Gasteiger partial charge in [0, 0.05) is 39.5 Å². The van der Waals surface area contributed by atoms with E-state index in [0.717, 1.165) is 27.4 Å². The first-order valence-electron chi connectivity index (χ1n) is 9.16. The Kier molecular flexibility index (Phi) is 5.44. The maximum Gasteiger partial charge on any atom is 0.338 e. The van der Waals surface area contributed by atoms with Crippen LogP contribution in [0.15, 0.2) is 78.0 Å². The van der Waals surface area contributed by atoms with Crippen LogP contribution >= 0.6 is 11.8 Å². The third kappa shape index (κ3) is 3.80. The second-order valence-electron chi connectivity index (χ2n) is 6.30. The molecule has 28 heavy (non-hydrogen) atoms. The molecule has 1 N–H and O–H groups in total. The minimum absolute atomic E-state index is 0.283. The highest BCUT2D eigenvalue weighted by atomic mass is 32.2. The summed E-state index contributed by atoms with van der Waals surface area (Å²) < 4.78 is 5.04. The number of carbonyl (C=O) groups excluding carboxylic acids is 1. The van der Waals surface area contributed by atoms with Crippen molar-refractivity contribution in [3.8, 4) is 11.3 Å². The van der Waals surface area contributed by atoms with Crippen molar-refractivity contribution < 1.29 is 9.53 Å². The zero-order chi connectivity index (χ0) is 19.3. The summed E-state index contributed by atoms with van der Waals surface area (Å²) in [5.41, 5.74) is 5.13. The molecular formula is C23H20N2O2S. The van der Waals surface area contributed by atoms with Crippen LogP contribution in [0.3, 0.4) is 0 Å². The molecular weight excluding hydrogens is 368 g/mol. The van der Waals surface area contributed by atoms with Crippen LogP contribution in [0.4, 0.5) is 0 Å². The van der Waals surface area contributed by atoms with E-state index in [1.54, 1.807) is 18.0 Å². The first-order chi connectivity index (χ1) is 13.8. The maximum atomic E-state index is 11.8. The fraction of sp³-hybridized carbons (Fsp3) is 0.130. The second-order valence-corrected chi connectivity index (χ2v) is 7.35. The first-order valence-corrected chi connectivity index (χ1v) is 10.1. The number of carbonyl (C=O) groups is 1. The number of para-hydroxylation sites is 1. The third-order valence-electron chi connectivity index (χ3n) is 4.51. The summed E-state index contributed by atoms with van der Waals surface area (Å²) in [6.45, 7) is 2.19. The molecule has 0 amide bonds. The lowest BCUT2D eigenvalue weighted by Gasteiger charge is -2.06. The molecule has 2 heterocycles. The molecule has 0 fully saturated rings. The molecule has 0 aliphatic heterocycles. The Morgan fingerprint density at radius 1 is 1.07 bits per heavy atom. The highest BCUT2D eigenvalue weighted by Gasteiger charge is 2.14. The van der Waals surface area contributed by atoms with Gasteiger partial charge in [-0.15, -0.1) is 11.8 Å². The molecule has 0 spiro atoms. The van der Waals surface area contributed by atoms with Crippen LogP contribution in [0.1, 0.15) is 22.8 Å². The van der Waals surface area contributed by atoms with Crippen LogP contribution in [0.25, 0.3) is 22.2 Å². The Morgan fingerprint density at radius 3 is 2.64 bits per heavy atom. The summed E-state index contributed by atoms with van der Waals surface area (Å²) in [4.78, 5) is 20.7. The Balaban J connectivity index is 1.60. The molecule has 140 valence electrons. The molecule has 2 aromatic carbocycles. The van der Waals surface area contributed by atoms with Crippen LogP contribution in [0, 0.1) is 0 Å². The Bertz CT molecular complexity index is 1090. The van der Waals surface area contributed by atoms with Crippen molar-refractivity contribution in [2.45, 2.75) is 17.6 Å². The van der Waals surface area contributed by atoms with Gasteiger partial charge >= 0.3 is 5.97 Å². The topological polar surface area (TPSA) is 55.0 Å². The molecule has 4 aromatic rings. The lowest BCUT2D eigenvalue weighted by atomic mass is 10.1. The zero-order valence-corrected chi connectivity index (χ0v) is 16.3. The predicted octanol–water partition coefficient (Wildman–Crippen LogP) is 5.70. The highest BCUT2D eigenvalue weighted by Crippen LogP contribution is 2.34. The van der Waals surface area contributed by atoms with Crippen molar-refractivity contribution in [3.05, 3.63) is 84.2 Å². The van der Waals surface area contributed by atoms with E-state index in [-0.39, 0.29) is 5.97 Å². The molecule has 5 heteroatoms. The minimum atomic E-state index is -0.283. The fourth-order valence-corrected chi connectivity index (χ4v) is 4.10.